The molecule has 0 aliphatic carbocycles. The lowest BCUT2D eigenvalue weighted by molar-refractivity contribution is -0.132. The second-order valence-corrected chi connectivity index (χ2v) is 8.28. The van der Waals surface area contributed by atoms with Gasteiger partial charge in [-0.3, -0.25) is 19.3 Å². The normalized spacial score (nSPS) is 16.4. The number of benzene rings is 1. The summed E-state index contributed by atoms with van der Waals surface area (Å²) >= 11 is 0. The maximum absolute atomic E-state index is 12.4. The van der Waals surface area contributed by atoms with Gasteiger partial charge in [0.2, 0.25) is 11.8 Å². The summed E-state index contributed by atoms with van der Waals surface area (Å²) in [4.78, 5) is 30.0. The zero-order chi connectivity index (χ0) is 23.2. The van der Waals surface area contributed by atoms with Crippen molar-refractivity contribution in [2.45, 2.75) is 25.4 Å². The number of carbonyl (C=O) groups excluding carboxylic acids is 2. The molecule has 0 radical (unpaired) electrons. The van der Waals surface area contributed by atoms with E-state index < -0.39 is 0 Å². The Hall–Kier alpha value is -3.78. The van der Waals surface area contributed by atoms with Gasteiger partial charge in [0.25, 0.3) is 0 Å². The van der Waals surface area contributed by atoms with Crippen LogP contribution in [-0.2, 0) is 23.2 Å². The Kier molecular flexibility index (Phi) is 6.95. The predicted octanol–water partition coefficient (Wildman–Crippen LogP) is 2.84. The van der Waals surface area contributed by atoms with Gasteiger partial charge >= 0.3 is 0 Å². The molecule has 1 aliphatic rings. The fourth-order valence-corrected chi connectivity index (χ4v) is 3.86. The smallest absolute Gasteiger partial charge is 0.248 e. The van der Waals surface area contributed by atoms with Gasteiger partial charge in [0.1, 0.15) is 0 Å². The first kappa shape index (κ1) is 22.4. The van der Waals surface area contributed by atoms with E-state index in [2.05, 4.69) is 20.7 Å². The van der Waals surface area contributed by atoms with Crippen molar-refractivity contribution < 1.29 is 9.59 Å². The van der Waals surface area contributed by atoms with Crippen LogP contribution in [0.15, 0.2) is 61.2 Å². The standard InChI is InChI=1S/C25H28N6O2/c1-30-17-22(8-10-25(30)33)27-13-18-3-6-21(7-4-18)29-24(32)9-5-19-14-26-12-11-23(19)20-15-28-31(2)16-20/h3-7,9,11-12,14-16,22,27H,8,10,13,17H2,1-2H3,(H,29,32)/b9-5+. The Labute approximate surface area is 193 Å². The number of carbonyl (C=O) groups is 2. The molecule has 8 heteroatoms. The van der Waals surface area contributed by atoms with Crippen molar-refractivity contribution in [1.82, 2.24) is 25.0 Å². The summed E-state index contributed by atoms with van der Waals surface area (Å²) < 4.78 is 1.74. The molecular weight excluding hydrogens is 416 g/mol. The Morgan fingerprint density at radius 2 is 2.00 bits per heavy atom. The number of hydrogen-bond donors (Lipinski definition) is 2. The van der Waals surface area contributed by atoms with Gasteiger partial charge in [-0.05, 0) is 41.8 Å². The van der Waals surface area contributed by atoms with E-state index in [0.717, 1.165) is 47.5 Å². The molecule has 8 nitrogen and oxygen atoms in total. The predicted molar refractivity (Wildman–Crippen MR) is 128 cm³/mol. The van der Waals surface area contributed by atoms with Gasteiger partial charge in [0.05, 0.1) is 6.20 Å². The van der Waals surface area contributed by atoms with Crippen LogP contribution in [0.5, 0.6) is 0 Å². The van der Waals surface area contributed by atoms with Crippen LogP contribution in [0.25, 0.3) is 17.2 Å². The first-order valence-corrected chi connectivity index (χ1v) is 11.0. The molecule has 3 aromatic rings. The molecule has 0 bridgehead atoms. The van der Waals surface area contributed by atoms with Crippen molar-refractivity contribution in [1.29, 1.82) is 0 Å². The van der Waals surface area contributed by atoms with Crippen LogP contribution in [0.2, 0.25) is 0 Å². The highest BCUT2D eigenvalue weighted by Gasteiger charge is 2.22. The minimum atomic E-state index is -0.211. The molecule has 33 heavy (non-hydrogen) atoms. The molecule has 0 spiro atoms. The molecule has 2 amide bonds. The number of piperidine rings is 1. The molecular formula is C25H28N6O2. The maximum atomic E-state index is 12.4. The summed E-state index contributed by atoms with van der Waals surface area (Å²) in [6, 6.07) is 9.98. The van der Waals surface area contributed by atoms with Gasteiger partial charge in [0.15, 0.2) is 0 Å². The van der Waals surface area contributed by atoms with Gasteiger partial charge in [-0.2, -0.15) is 5.10 Å². The quantitative estimate of drug-likeness (QED) is 0.547. The van der Waals surface area contributed by atoms with E-state index in [1.165, 1.54) is 6.08 Å². The Balaban J connectivity index is 1.31. The van der Waals surface area contributed by atoms with Crippen molar-refractivity contribution in [2.24, 2.45) is 7.05 Å². The zero-order valence-corrected chi connectivity index (χ0v) is 18.9. The molecule has 1 saturated heterocycles. The monoisotopic (exact) mass is 444 g/mol. The van der Waals surface area contributed by atoms with Gasteiger partial charge in [0, 0.05) is 81.1 Å². The SMILES string of the molecule is CN1CC(NCc2ccc(NC(=O)/C=C/c3cnccc3-c3cnn(C)c3)cc2)CCC1=O. The fourth-order valence-electron chi connectivity index (χ4n) is 3.86. The van der Waals surface area contributed by atoms with Crippen LogP contribution in [-0.4, -0.2) is 51.1 Å². The Morgan fingerprint density at radius 3 is 2.73 bits per heavy atom. The van der Waals surface area contributed by atoms with Crippen LogP contribution >= 0.6 is 0 Å². The maximum Gasteiger partial charge on any atom is 0.248 e. The third kappa shape index (κ3) is 5.93. The average Bonchev–Trinajstić information content (AvgIpc) is 3.25. The molecule has 1 aliphatic heterocycles. The van der Waals surface area contributed by atoms with Gasteiger partial charge in [-0.25, -0.2) is 0 Å². The van der Waals surface area contributed by atoms with Gasteiger partial charge < -0.3 is 15.5 Å². The topological polar surface area (TPSA) is 92.2 Å². The first-order valence-electron chi connectivity index (χ1n) is 11.0. The van der Waals surface area contributed by atoms with E-state index in [1.54, 1.807) is 34.2 Å². The van der Waals surface area contributed by atoms with Crippen molar-refractivity contribution in [2.75, 3.05) is 18.9 Å². The summed E-state index contributed by atoms with van der Waals surface area (Å²) in [7, 11) is 3.71. The first-order chi connectivity index (χ1) is 16.0. The number of rotatable bonds is 7. The molecule has 2 aromatic heterocycles. The van der Waals surface area contributed by atoms with Gasteiger partial charge in [-0.1, -0.05) is 12.1 Å². The lowest BCUT2D eigenvalue weighted by atomic mass is 10.0. The Morgan fingerprint density at radius 1 is 1.18 bits per heavy atom. The van der Waals surface area contributed by atoms with Gasteiger partial charge in [-0.15, -0.1) is 0 Å². The zero-order valence-electron chi connectivity index (χ0n) is 18.9. The molecule has 1 fully saturated rings. The van der Waals surface area contributed by atoms with Crippen LogP contribution in [0.1, 0.15) is 24.0 Å². The number of likely N-dealkylation sites (tertiary alicyclic amines) is 1. The number of pyridine rings is 1. The molecule has 3 heterocycles. The largest absolute Gasteiger partial charge is 0.344 e. The lowest BCUT2D eigenvalue weighted by Crippen LogP contribution is -2.46. The summed E-state index contributed by atoms with van der Waals surface area (Å²) in [5.74, 6) is -0.00389. The van der Waals surface area contributed by atoms with E-state index in [0.29, 0.717) is 12.5 Å². The number of likely N-dealkylation sites (N-methyl/N-ethyl adjacent to an activating group) is 1. The van der Waals surface area contributed by atoms with Crippen molar-refractivity contribution in [3.8, 4) is 11.1 Å². The van der Waals surface area contributed by atoms with E-state index in [4.69, 9.17) is 0 Å². The van der Waals surface area contributed by atoms with Crippen LogP contribution < -0.4 is 10.6 Å². The minimum Gasteiger partial charge on any atom is -0.344 e. The third-order valence-electron chi connectivity index (χ3n) is 5.73. The summed E-state index contributed by atoms with van der Waals surface area (Å²) in [5, 5.41) is 10.6. The highest BCUT2D eigenvalue weighted by atomic mass is 16.2. The summed E-state index contributed by atoms with van der Waals surface area (Å²) in [6.45, 7) is 1.46. The molecule has 4 rings (SSSR count). The molecule has 2 N–H and O–H groups in total. The van der Waals surface area contributed by atoms with E-state index in [1.807, 2.05) is 50.6 Å². The van der Waals surface area contributed by atoms with E-state index in [9.17, 15) is 9.59 Å². The van der Waals surface area contributed by atoms with Crippen molar-refractivity contribution in [3.05, 3.63) is 72.3 Å². The molecule has 1 unspecified atom stereocenters. The summed E-state index contributed by atoms with van der Waals surface area (Å²) in [5.41, 5.74) is 4.63. The number of nitrogens with one attached hydrogen (secondary N) is 2. The fraction of sp³-hybridized carbons (Fsp3) is 0.280. The number of aromatic nitrogens is 3. The van der Waals surface area contributed by atoms with Crippen molar-refractivity contribution in [3.63, 3.8) is 0 Å². The van der Waals surface area contributed by atoms with Crippen LogP contribution in [0.4, 0.5) is 5.69 Å². The second kappa shape index (κ2) is 10.2. The second-order valence-electron chi connectivity index (χ2n) is 8.28. The average molecular weight is 445 g/mol. The summed E-state index contributed by atoms with van der Waals surface area (Å²) in [6.07, 6.45) is 11.9. The van der Waals surface area contributed by atoms with E-state index >= 15 is 0 Å². The number of amides is 2. The molecule has 170 valence electrons. The number of hydrogen-bond acceptors (Lipinski definition) is 5. The number of nitrogens with zero attached hydrogens (tertiary/aromatic N) is 4. The third-order valence-corrected chi connectivity index (χ3v) is 5.73. The number of aryl methyl sites for hydroxylation is 1. The molecule has 1 aromatic carbocycles. The van der Waals surface area contributed by atoms with Crippen LogP contribution in [0, 0.1) is 0 Å². The lowest BCUT2D eigenvalue weighted by Gasteiger charge is -2.30. The van der Waals surface area contributed by atoms with Crippen molar-refractivity contribution >= 4 is 23.6 Å². The minimum absolute atomic E-state index is 0.207. The van der Waals surface area contributed by atoms with E-state index in [-0.39, 0.29) is 11.8 Å². The van der Waals surface area contributed by atoms with Crippen LogP contribution in [0.3, 0.4) is 0 Å². The highest BCUT2D eigenvalue weighted by molar-refractivity contribution is 6.02. The highest BCUT2D eigenvalue weighted by Crippen LogP contribution is 2.23. The Bertz CT molecular complexity index is 1150. The molecule has 0 saturated carbocycles. The number of anilines is 1. The molecule has 1 atom stereocenters.